The zero-order valence-corrected chi connectivity index (χ0v) is 9.61. The van der Waals surface area contributed by atoms with Gasteiger partial charge >= 0.3 is 5.97 Å². The molecule has 0 bridgehead atoms. The van der Waals surface area contributed by atoms with Crippen molar-refractivity contribution in [3.8, 4) is 0 Å². The molecular weight excluding hydrogens is 184 g/mol. The fourth-order valence-corrected chi connectivity index (χ4v) is 3.02. The second kappa shape index (κ2) is 3.91. The number of hydrogen-bond acceptors (Lipinski definition) is 3. The molecule has 0 aromatic rings. The molecule has 0 amide bonds. The molecule has 0 aliphatic carbocycles. The van der Waals surface area contributed by atoms with Crippen molar-refractivity contribution in [3.63, 3.8) is 0 Å². The summed E-state index contributed by atoms with van der Waals surface area (Å²) in [5.41, 5.74) is 0.319. The highest BCUT2D eigenvalue weighted by Crippen LogP contribution is 2.40. The van der Waals surface area contributed by atoms with E-state index in [1.807, 2.05) is 11.8 Å². The molecule has 2 nitrogen and oxygen atoms in total. The molecule has 1 saturated heterocycles. The highest BCUT2D eigenvalue weighted by atomic mass is 32.2. The molecule has 1 aliphatic rings. The predicted octanol–water partition coefficient (Wildman–Crippen LogP) is 2.47. The van der Waals surface area contributed by atoms with Gasteiger partial charge in [-0.05, 0) is 11.8 Å². The molecular formula is C10H18O2S. The van der Waals surface area contributed by atoms with Crippen LogP contribution in [0.4, 0.5) is 0 Å². The number of carbonyl (C=O) groups is 1. The van der Waals surface area contributed by atoms with Crippen LogP contribution in [0.3, 0.4) is 0 Å². The number of ether oxygens (including phenoxy) is 1. The van der Waals surface area contributed by atoms with Gasteiger partial charge in [0.15, 0.2) is 0 Å². The van der Waals surface area contributed by atoms with E-state index in [9.17, 15) is 4.79 Å². The summed E-state index contributed by atoms with van der Waals surface area (Å²) in [4.78, 5) is 10.7. The standard InChI is InChI=1S/C10H18O2S/c1-7(11)12-8-5-9(13-6-8)10(2,3)4/h8-9H,5-6H2,1-4H3/t8-,9+/m0/s1. The van der Waals surface area contributed by atoms with E-state index in [2.05, 4.69) is 20.8 Å². The van der Waals surface area contributed by atoms with Gasteiger partial charge in [0.25, 0.3) is 0 Å². The summed E-state index contributed by atoms with van der Waals surface area (Å²) in [6.07, 6.45) is 1.15. The third-order valence-corrected chi connectivity index (χ3v) is 4.12. The lowest BCUT2D eigenvalue weighted by Crippen LogP contribution is -2.23. The number of esters is 1. The Morgan fingerprint density at radius 1 is 1.46 bits per heavy atom. The third kappa shape index (κ3) is 3.22. The SMILES string of the molecule is CC(=O)O[C@@H]1CS[C@@H](C(C)(C)C)C1. The summed E-state index contributed by atoms with van der Waals surface area (Å²) in [7, 11) is 0. The summed E-state index contributed by atoms with van der Waals surface area (Å²) < 4.78 is 5.18. The molecule has 0 aromatic heterocycles. The quantitative estimate of drug-likeness (QED) is 0.611. The van der Waals surface area contributed by atoms with Crippen LogP contribution >= 0.6 is 11.8 Å². The van der Waals surface area contributed by atoms with E-state index in [-0.39, 0.29) is 12.1 Å². The fourth-order valence-electron chi connectivity index (χ4n) is 1.52. The maximum absolute atomic E-state index is 10.7. The van der Waals surface area contributed by atoms with Crippen molar-refractivity contribution in [2.75, 3.05) is 5.75 Å². The van der Waals surface area contributed by atoms with Gasteiger partial charge < -0.3 is 4.74 Å². The Balaban J connectivity index is 2.41. The van der Waals surface area contributed by atoms with Gasteiger partial charge in [-0.1, -0.05) is 20.8 Å². The van der Waals surface area contributed by atoms with Crippen molar-refractivity contribution in [1.82, 2.24) is 0 Å². The highest BCUT2D eigenvalue weighted by Gasteiger charge is 2.34. The van der Waals surface area contributed by atoms with E-state index in [4.69, 9.17) is 4.74 Å². The molecule has 0 saturated carbocycles. The molecule has 13 heavy (non-hydrogen) atoms. The maximum atomic E-state index is 10.7. The predicted molar refractivity (Wildman–Crippen MR) is 55.9 cm³/mol. The molecule has 0 aromatic carbocycles. The van der Waals surface area contributed by atoms with Gasteiger partial charge in [0.1, 0.15) is 6.10 Å². The van der Waals surface area contributed by atoms with Gasteiger partial charge in [-0.2, -0.15) is 11.8 Å². The van der Waals surface area contributed by atoms with E-state index < -0.39 is 0 Å². The van der Waals surface area contributed by atoms with E-state index in [1.54, 1.807) is 0 Å². The summed E-state index contributed by atoms with van der Waals surface area (Å²) in [5.74, 6) is 0.807. The van der Waals surface area contributed by atoms with E-state index >= 15 is 0 Å². The van der Waals surface area contributed by atoms with Gasteiger partial charge in [-0.3, -0.25) is 4.79 Å². The van der Waals surface area contributed by atoms with Gasteiger partial charge in [0.05, 0.1) is 0 Å². The fraction of sp³-hybridized carbons (Fsp3) is 0.900. The van der Waals surface area contributed by atoms with Crippen LogP contribution in [0.25, 0.3) is 0 Å². The monoisotopic (exact) mass is 202 g/mol. The average molecular weight is 202 g/mol. The van der Waals surface area contributed by atoms with Crippen LogP contribution in [0.2, 0.25) is 0 Å². The molecule has 0 unspecified atom stereocenters. The Morgan fingerprint density at radius 3 is 2.46 bits per heavy atom. The maximum Gasteiger partial charge on any atom is 0.302 e. The van der Waals surface area contributed by atoms with Crippen LogP contribution < -0.4 is 0 Å². The lowest BCUT2D eigenvalue weighted by molar-refractivity contribution is -0.145. The molecule has 3 heteroatoms. The second-order valence-electron chi connectivity index (χ2n) is 4.66. The van der Waals surface area contributed by atoms with E-state index in [0.29, 0.717) is 10.7 Å². The Labute approximate surface area is 84.4 Å². The molecule has 1 fully saturated rings. The van der Waals surface area contributed by atoms with Gasteiger partial charge in [-0.15, -0.1) is 0 Å². The van der Waals surface area contributed by atoms with Crippen molar-refractivity contribution in [2.45, 2.75) is 45.5 Å². The topological polar surface area (TPSA) is 26.3 Å². The Bertz CT molecular complexity index is 196. The minimum atomic E-state index is -0.153. The lowest BCUT2D eigenvalue weighted by Gasteiger charge is -2.25. The molecule has 76 valence electrons. The van der Waals surface area contributed by atoms with Crippen molar-refractivity contribution in [3.05, 3.63) is 0 Å². The van der Waals surface area contributed by atoms with E-state index in [0.717, 1.165) is 12.2 Å². The zero-order chi connectivity index (χ0) is 10.1. The first-order chi connectivity index (χ1) is 5.89. The van der Waals surface area contributed by atoms with E-state index in [1.165, 1.54) is 6.92 Å². The Morgan fingerprint density at radius 2 is 2.08 bits per heavy atom. The second-order valence-corrected chi connectivity index (χ2v) is 5.89. The molecule has 0 N–H and O–H groups in total. The first-order valence-corrected chi connectivity index (χ1v) is 5.73. The summed E-state index contributed by atoms with van der Waals surface area (Å²) >= 11 is 1.92. The van der Waals surface area contributed by atoms with Crippen LogP contribution in [-0.4, -0.2) is 23.1 Å². The Kier molecular flexibility index (Phi) is 3.28. The summed E-state index contributed by atoms with van der Waals surface area (Å²) in [6.45, 7) is 8.19. The lowest BCUT2D eigenvalue weighted by atomic mass is 9.89. The van der Waals surface area contributed by atoms with Crippen LogP contribution in [0.1, 0.15) is 34.1 Å². The van der Waals surface area contributed by atoms with Crippen molar-refractivity contribution in [2.24, 2.45) is 5.41 Å². The summed E-state index contributed by atoms with van der Waals surface area (Å²) in [5, 5.41) is 0.622. The van der Waals surface area contributed by atoms with Crippen molar-refractivity contribution < 1.29 is 9.53 Å². The van der Waals surface area contributed by atoms with Gasteiger partial charge in [0.2, 0.25) is 0 Å². The van der Waals surface area contributed by atoms with Crippen LogP contribution in [-0.2, 0) is 9.53 Å². The minimum Gasteiger partial charge on any atom is -0.462 e. The van der Waals surface area contributed by atoms with Gasteiger partial charge in [0, 0.05) is 17.9 Å². The number of hydrogen-bond donors (Lipinski definition) is 0. The van der Waals surface area contributed by atoms with Gasteiger partial charge in [-0.25, -0.2) is 0 Å². The van der Waals surface area contributed by atoms with Crippen LogP contribution in [0.15, 0.2) is 0 Å². The zero-order valence-electron chi connectivity index (χ0n) is 8.79. The molecule has 1 heterocycles. The number of rotatable bonds is 1. The molecule has 1 aliphatic heterocycles. The first kappa shape index (κ1) is 10.9. The third-order valence-electron chi connectivity index (χ3n) is 2.26. The van der Waals surface area contributed by atoms with Crippen molar-refractivity contribution in [1.29, 1.82) is 0 Å². The first-order valence-electron chi connectivity index (χ1n) is 4.68. The number of carbonyl (C=O) groups excluding carboxylic acids is 1. The van der Waals surface area contributed by atoms with Crippen molar-refractivity contribution >= 4 is 17.7 Å². The minimum absolute atomic E-state index is 0.145. The van der Waals surface area contributed by atoms with Crippen LogP contribution in [0.5, 0.6) is 0 Å². The molecule has 2 atom stereocenters. The Hall–Kier alpha value is -0.180. The summed E-state index contributed by atoms with van der Waals surface area (Å²) in [6, 6.07) is 0. The molecule has 0 radical (unpaired) electrons. The smallest absolute Gasteiger partial charge is 0.302 e. The normalized spacial score (nSPS) is 28.9. The average Bonchev–Trinajstić information content (AvgIpc) is 2.32. The highest BCUT2D eigenvalue weighted by molar-refractivity contribution is 8.00. The molecule has 1 rings (SSSR count). The van der Waals surface area contributed by atoms with Crippen LogP contribution in [0, 0.1) is 5.41 Å². The largest absolute Gasteiger partial charge is 0.462 e. The molecule has 0 spiro atoms. The number of thioether (sulfide) groups is 1.